The molecule has 2 amide bonds. The number of carbonyl (C=O) groups is 1. The monoisotopic (exact) mass is 219 g/mol. The van der Waals surface area contributed by atoms with Gasteiger partial charge in [-0.3, -0.25) is 4.98 Å². The third kappa shape index (κ3) is 2.72. The molecule has 1 saturated carbocycles. The van der Waals surface area contributed by atoms with Gasteiger partial charge in [0.25, 0.3) is 0 Å². The molecule has 0 radical (unpaired) electrons. The predicted molar refractivity (Wildman–Crippen MR) is 63.4 cm³/mol. The molecule has 1 heterocycles. The minimum atomic E-state index is -0.122. The first-order valence-electron chi connectivity index (χ1n) is 5.75. The van der Waals surface area contributed by atoms with Gasteiger partial charge in [0.2, 0.25) is 0 Å². The van der Waals surface area contributed by atoms with Crippen molar-refractivity contribution in [3.8, 4) is 0 Å². The average molecular weight is 219 g/mol. The van der Waals surface area contributed by atoms with Gasteiger partial charge < -0.3 is 10.6 Å². The summed E-state index contributed by atoms with van der Waals surface area (Å²) in [6.45, 7) is 1.88. The number of nitrogens with one attached hydrogen (secondary N) is 2. The first-order valence-corrected chi connectivity index (χ1v) is 5.75. The largest absolute Gasteiger partial charge is 0.335 e. The Morgan fingerprint density at radius 3 is 2.88 bits per heavy atom. The van der Waals surface area contributed by atoms with Crippen LogP contribution in [-0.4, -0.2) is 17.1 Å². The van der Waals surface area contributed by atoms with E-state index in [1.54, 1.807) is 6.20 Å². The van der Waals surface area contributed by atoms with Crippen molar-refractivity contribution in [2.45, 2.75) is 38.6 Å². The number of rotatable bonds is 2. The fourth-order valence-electron chi connectivity index (χ4n) is 2.03. The third-order valence-corrected chi connectivity index (χ3v) is 2.95. The summed E-state index contributed by atoms with van der Waals surface area (Å²) in [6.07, 6.45) is 6.35. The van der Waals surface area contributed by atoms with Gasteiger partial charge in [-0.25, -0.2) is 4.79 Å². The molecule has 0 atom stereocenters. The van der Waals surface area contributed by atoms with Crippen LogP contribution in [0.25, 0.3) is 0 Å². The molecule has 4 heteroatoms. The number of anilines is 1. The van der Waals surface area contributed by atoms with Gasteiger partial charge in [0.05, 0.1) is 11.4 Å². The van der Waals surface area contributed by atoms with Crippen molar-refractivity contribution in [3.05, 3.63) is 24.0 Å². The number of carbonyl (C=O) groups excluding carboxylic acids is 1. The van der Waals surface area contributed by atoms with Gasteiger partial charge in [-0.15, -0.1) is 0 Å². The molecule has 1 aliphatic carbocycles. The molecule has 0 aromatic carbocycles. The molecule has 1 aliphatic rings. The molecule has 0 spiro atoms. The molecule has 1 aromatic heterocycles. The zero-order valence-electron chi connectivity index (χ0n) is 9.49. The molecule has 0 aliphatic heterocycles. The number of pyridine rings is 1. The van der Waals surface area contributed by atoms with Gasteiger partial charge in [0.15, 0.2) is 0 Å². The van der Waals surface area contributed by atoms with Crippen LogP contribution in [0.3, 0.4) is 0 Å². The van der Waals surface area contributed by atoms with Crippen LogP contribution in [-0.2, 0) is 0 Å². The van der Waals surface area contributed by atoms with Crippen molar-refractivity contribution in [3.63, 3.8) is 0 Å². The van der Waals surface area contributed by atoms with Crippen LogP contribution >= 0.6 is 0 Å². The van der Waals surface area contributed by atoms with E-state index in [0.29, 0.717) is 6.04 Å². The van der Waals surface area contributed by atoms with Crippen LogP contribution in [0, 0.1) is 6.92 Å². The van der Waals surface area contributed by atoms with Crippen molar-refractivity contribution >= 4 is 11.7 Å². The minimum absolute atomic E-state index is 0.122. The normalized spacial score (nSPS) is 16.1. The van der Waals surface area contributed by atoms with Crippen molar-refractivity contribution in [2.24, 2.45) is 0 Å². The van der Waals surface area contributed by atoms with Crippen LogP contribution < -0.4 is 10.6 Å². The molecule has 16 heavy (non-hydrogen) atoms. The summed E-state index contributed by atoms with van der Waals surface area (Å²) in [5.41, 5.74) is 1.61. The van der Waals surface area contributed by atoms with Crippen molar-refractivity contribution in [1.29, 1.82) is 0 Å². The molecule has 0 bridgehead atoms. The molecule has 4 nitrogen and oxygen atoms in total. The second-order valence-corrected chi connectivity index (χ2v) is 4.22. The van der Waals surface area contributed by atoms with Crippen LogP contribution in [0.1, 0.15) is 31.4 Å². The highest BCUT2D eigenvalue weighted by molar-refractivity contribution is 5.89. The highest BCUT2D eigenvalue weighted by Gasteiger charge is 2.17. The van der Waals surface area contributed by atoms with E-state index in [1.807, 2.05) is 19.1 Å². The molecule has 86 valence electrons. The van der Waals surface area contributed by atoms with E-state index in [2.05, 4.69) is 15.6 Å². The standard InChI is InChI=1S/C12H17N3O/c1-9-11(7-4-8-13-9)15-12(16)14-10-5-2-3-6-10/h4,7-8,10H,2-3,5-6H2,1H3,(H2,14,15,16). The molecule has 0 saturated heterocycles. The zero-order chi connectivity index (χ0) is 11.4. The Labute approximate surface area is 95.5 Å². The highest BCUT2D eigenvalue weighted by Crippen LogP contribution is 2.18. The molecule has 2 N–H and O–H groups in total. The smallest absolute Gasteiger partial charge is 0.319 e. The summed E-state index contributed by atoms with van der Waals surface area (Å²) in [4.78, 5) is 15.8. The molecule has 0 unspecified atom stereocenters. The first kappa shape index (κ1) is 10.9. The zero-order valence-corrected chi connectivity index (χ0v) is 9.49. The number of nitrogens with zero attached hydrogens (tertiary/aromatic N) is 1. The molecular weight excluding hydrogens is 202 g/mol. The quantitative estimate of drug-likeness (QED) is 0.802. The SMILES string of the molecule is Cc1ncccc1NC(=O)NC1CCCC1. The number of hydrogen-bond donors (Lipinski definition) is 2. The minimum Gasteiger partial charge on any atom is -0.335 e. The second-order valence-electron chi connectivity index (χ2n) is 4.22. The Morgan fingerprint density at radius 1 is 1.44 bits per heavy atom. The maximum Gasteiger partial charge on any atom is 0.319 e. The maximum atomic E-state index is 11.7. The molecular formula is C12H17N3O. The lowest BCUT2D eigenvalue weighted by atomic mass is 10.2. The Morgan fingerprint density at radius 2 is 2.19 bits per heavy atom. The van der Waals surface area contributed by atoms with E-state index >= 15 is 0 Å². The second kappa shape index (κ2) is 4.96. The van der Waals surface area contributed by atoms with Crippen LogP contribution in [0.5, 0.6) is 0 Å². The van der Waals surface area contributed by atoms with Crippen molar-refractivity contribution in [1.82, 2.24) is 10.3 Å². The lowest BCUT2D eigenvalue weighted by Gasteiger charge is -2.13. The molecule has 1 aromatic rings. The number of aromatic nitrogens is 1. The van der Waals surface area contributed by atoms with Crippen LogP contribution in [0.4, 0.5) is 10.5 Å². The highest BCUT2D eigenvalue weighted by atomic mass is 16.2. The lowest BCUT2D eigenvalue weighted by molar-refractivity contribution is 0.248. The van der Waals surface area contributed by atoms with E-state index in [9.17, 15) is 4.79 Å². The Bertz CT molecular complexity index is 372. The topological polar surface area (TPSA) is 54.0 Å². The number of urea groups is 1. The maximum absolute atomic E-state index is 11.7. The number of amides is 2. The summed E-state index contributed by atoms with van der Waals surface area (Å²) in [6, 6.07) is 3.90. The number of aryl methyl sites for hydroxylation is 1. The third-order valence-electron chi connectivity index (χ3n) is 2.95. The van der Waals surface area contributed by atoms with Gasteiger partial charge in [-0.2, -0.15) is 0 Å². The predicted octanol–water partition coefficient (Wildman–Crippen LogP) is 2.45. The number of hydrogen-bond acceptors (Lipinski definition) is 2. The van der Waals surface area contributed by atoms with Gasteiger partial charge in [0, 0.05) is 12.2 Å². The van der Waals surface area contributed by atoms with Gasteiger partial charge in [0.1, 0.15) is 0 Å². The fourth-order valence-corrected chi connectivity index (χ4v) is 2.03. The van der Waals surface area contributed by atoms with E-state index in [0.717, 1.165) is 24.2 Å². The summed E-state index contributed by atoms with van der Waals surface area (Å²) in [5.74, 6) is 0. The Kier molecular flexibility index (Phi) is 3.39. The van der Waals surface area contributed by atoms with E-state index in [1.165, 1.54) is 12.8 Å². The first-order chi connectivity index (χ1) is 7.75. The average Bonchev–Trinajstić information content (AvgIpc) is 2.74. The molecule has 2 rings (SSSR count). The van der Waals surface area contributed by atoms with Gasteiger partial charge >= 0.3 is 6.03 Å². The van der Waals surface area contributed by atoms with Crippen molar-refractivity contribution in [2.75, 3.05) is 5.32 Å². The Hall–Kier alpha value is -1.58. The molecule has 1 fully saturated rings. The van der Waals surface area contributed by atoms with Crippen molar-refractivity contribution < 1.29 is 4.79 Å². The summed E-state index contributed by atoms with van der Waals surface area (Å²) in [7, 11) is 0. The van der Waals surface area contributed by atoms with Crippen LogP contribution in [0.15, 0.2) is 18.3 Å². The van der Waals surface area contributed by atoms with Gasteiger partial charge in [-0.05, 0) is 31.9 Å². The van der Waals surface area contributed by atoms with Crippen LogP contribution in [0.2, 0.25) is 0 Å². The summed E-state index contributed by atoms with van der Waals surface area (Å²) < 4.78 is 0. The fraction of sp³-hybridized carbons (Fsp3) is 0.500. The van der Waals surface area contributed by atoms with E-state index < -0.39 is 0 Å². The van der Waals surface area contributed by atoms with Gasteiger partial charge in [-0.1, -0.05) is 12.8 Å². The lowest BCUT2D eigenvalue weighted by Crippen LogP contribution is -2.36. The van der Waals surface area contributed by atoms with E-state index in [4.69, 9.17) is 0 Å². The summed E-state index contributed by atoms with van der Waals surface area (Å²) >= 11 is 0. The summed E-state index contributed by atoms with van der Waals surface area (Å²) in [5, 5.41) is 5.80. The Balaban J connectivity index is 1.89. The van der Waals surface area contributed by atoms with E-state index in [-0.39, 0.29) is 6.03 Å².